The van der Waals surface area contributed by atoms with Gasteiger partial charge < -0.3 is 10.5 Å². The van der Waals surface area contributed by atoms with E-state index in [1.54, 1.807) is 0 Å². The smallest absolute Gasteiger partial charge is 0.130 e. The summed E-state index contributed by atoms with van der Waals surface area (Å²) in [5.41, 5.74) is 9.85. The molecular formula is C16H18ClNO. The zero-order valence-corrected chi connectivity index (χ0v) is 12.2. The Bertz CT molecular complexity index is 585. The van der Waals surface area contributed by atoms with Gasteiger partial charge in [-0.2, -0.15) is 0 Å². The van der Waals surface area contributed by atoms with Gasteiger partial charge >= 0.3 is 0 Å². The third kappa shape index (κ3) is 3.09. The Morgan fingerprint density at radius 1 is 1.00 bits per heavy atom. The highest BCUT2D eigenvalue weighted by atomic mass is 35.5. The lowest BCUT2D eigenvalue weighted by atomic mass is 10.1. The minimum atomic E-state index is 0.542. The molecule has 2 aromatic carbocycles. The van der Waals surface area contributed by atoms with Crippen LogP contribution in [0.15, 0.2) is 30.3 Å². The second-order valence-electron chi connectivity index (χ2n) is 4.78. The van der Waals surface area contributed by atoms with Gasteiger partial charge in [-0.15, -0.1) is 0 Å². The Kier molecular flexibility index (Phi) is 4.13. The summed E-state index contributed by atoms with van der Waals surface area (Å²) in [5, 5.41) is 0.794. The van der Waals surface area contributed by atoms with E-state index in [2.05, 4.69) is 0 Å². The molecule has 0 bridgehead atoms. The molecule has 0 fully saturated rings. The van der Waals surface area contributed by atoms with Crippen LogP contribution in [0, 0.1) is 20.8 Å². The molecule has 0 atom stereocenters. The molecule has 100 valence electrons. The molecule has 0 radical (unpaired) electrons. The first-order valence-corrected chi connectivity index (χ1v) is 6.63. The molecular weight excluding hydrogens is 258 g/mol. The lowest BCUT2D eigenvalue weighted by Gasteiger charge is -2.12. The number of nitrogens with two attached hydrogens (primary N) is 1. The molecule has 2 N–H and O–H groups in total. The number of hydrogen-bond acceptors (Lipinski definition) is 2. The molecule has 0 aliphatic rings. The molecule has 19 heavy (non-hydrogen) atoms. The second-order valence-corrected chi connectivity index (χ2v) is 5.16. The SMILES string of the molecule is Cc1cc(CN)ccc1Oc1cc(C)c(Cl)c(C)c1. The first-order valence-electron chi connectivity index (χ1n) is 6.25. The fourth-order valence-electron chi connectivity index (χ4n) is 2.05. The molecule has 0 aliphatic carbocycles. The fourth-order valence-corrected chi connectivity index (χ4v) is 2.15. The number of ether oxygens (including phenoxy) is 1. The van der Waals surface area contributed by atoms with Crippen molar-refractivity contribution in [3.63, 3.8) is 0 Å². The van der Waals surface area contributed by atoms with Gasteiger partial charge in [-0.05, 0) is 61.2 Å². The minimum absolute atomic E-state index is 0.542. The van der Waals surface area contributed by atoms with Crippen LogP contribution >= 0.6 is 11.6 Å². The number of rotatable bonds is 3. The molecule has 2 nitrogen and oxygen atoms in total. The molecule has 2 aromatic rings. The molecule has 0 spiro atoms. The molecule has 0 aromatic heterocycles. The van der Waals surface area contributed by atoms with Crippen molar-refractivity contribution in [2.75, 3.05) is 0 Å². The van der Waals surface area contributed by atoms with Gasteiger partial charge in [0.25, 0.3) is 0 Å². The molecule has 3 heteroatoms. The van der Waals surface area contributed by atoms with Gasteiger partial charge in [-0.25, -0.2) is 0 Å². The number of benzene rings is 2. The van der Waals surface area contributed by atoms with Crippen molar-refractivity contribution in [1.29, 1.82) is 0 Å². The first kappa shape index (κ1) is 13.9. The summed E-state index contributed by atoms with van der Waals surface area (Å²) in [5.74, 6) is 1.65. The largest absolute Gasteiger partial charge is 0.457 e. The summed E-state index contributed by atoms with van der Waals surface area (Å²) >= 11 is 6.15. The second kappa shape index (κ2) is 5.64. The van der Waals surface area contributed by atoms with Crippen molar-refractivity contribution in [3.8, 4) is 11.5 Å². The van der Waals surface area contributed by atoms with Gasteiger partial charge in [0.2, 0.25) is 0 Å². The minimum Gasteiger partial charge on any atom is -0.457 e. The van der Waals surface area contributed by atoms with Crippen LogP contribution in [0.25, 0.3) is 0 Å². The maximum atomic E-state index is 6.15. The van der Waals surface area contributed by atoms with Crippen LogP contribution in [0.4, 0.5) is 0 Å². The van der Waals surface area contributed by atoms with Crippen molar-refractivity contribution < 1.29 is 4.74 Å². The topological polar surface area (TPSA) is 35.2 Å². The van der Waals surface area contributed by atoms with E-state index >= 15 is 0 Å². The van der Waals surface area contributed by atoms with E-state index < -0.39 is 0 Å². The fraction of sp³-hybridized carbons (Fsp3) is 0.250. The van der Waals surface area contributed by atoms with Crippen LogP contribution in [0.2, 0.25) is 5.02 Å². The van der Waals surface area contributed by atoms with E-state index in [-0.39, 0.29) is 0 Å². The van der Waals surface area contributed by atoms with Crippen LogP contribution in [-0.4, -0.2) is 0 Å². The van der Waals surface area contributed by atoms with Crippen molar-refractivity contribution in [1.82, 2.24) is 0 Å². The van der Waals surface area contributed by atoms with Gasteiger partial charge in [0.15, 0.2) is 0 Å². The van der Waals surface area contributed by atoms with Gasteiger partial charge in [0.05, 0.1) is 0 Å². The highest BCUT2D eigenvalue weighted by Gasteiger charge is 2.06. The highest BCUT2D eigenvalue weighted by molar-refractivity contribution is 6.32. The van der Waals surface area contributed by atoms with Crippen molar-refractivity contribution in [2.45, 2.75) is 27.3 Å². The summed E-state index contributed by atoms with van der Waals surface area (Å²) in [6.07, 6.45) is 0. The molecule has 0 saturated heterocycles. The monoisotopic (exact) mass is 275 g/mol. The molecule has 0 aliphatic heterocycles. The normalized spacial score (nSPS) is 10.6. The van der Waals surface area contributed by atoms with Gasteiger partial charge in [-0.1, -0.05) is 23.7 Å². The molecule has 0 heterocycles. The third-order valence-electron chi connectivity index (χ3n) is 3.11. The predicted molar refractivity (Wildman–Crippen MR) is 80.1 cm³/mol. The van der Waals surface area contributed by atoms with Gasteiger partial charge in [-0.3, -0.25) is 0 Å². The average molecular weight is 276 g/mol. The van der Waals surface area contributed by atoms with Crippen molar-refractivity contribution >= 4 is 11.6 Å². The Balaban J connectivity index is 2.31. The molecule has 0 amide bonds. The number of hydrogen-bond donors (Lipinski definition) is 1. The van der Waals surface area contributed by atoms with E-state index in [0.717, 1.165) is 38.8 Å². The molecule has 0 saturated carbocycles. The Morgan fingerprint density at radius 2 is 1.63 bits per heavy atom. The quantitative estimate of drug-likeness (QED) is 0.894. The Morgan fingerprint density at radius 3 is 2.16 bits per heavy atom. The van der Waals surface area contributed by atoms with Crippen LogP contribution in [0.5, 0.6) is 11.5 Å². The van der Waals surface area contributed by atoms with Crippen molar-refractivity contribution in [2.24, 2.45) is 5.73 Å². The van der Waals surface area contributed by atoms with Gasteiger partial charge in [0.1, 0.15) is 11.5 Å². The third-order valence-corrected chi connectivity index (χ3v) is 3.71. The lowest BCUT2D eigenvalue weighted by Crippen LogP contribution is -1.97. The number of halogens is 1. The van der Waals surface area contributed by atoms with Crippen molar-refractivity contribution in [3.05, 3.63) is 57.6 Å². The average Bonchev–Trinajstić information content (AvgIpc) is 2.38. The van der Waals surface area contributed by atoms with Crippen LogP contribution < -0.4 is 10.5 Å². The van der Waals surface area contributed by atoms with Crippen LogP contribution in [0.1, 0.15) is 22.3 Å². The molecule has 2 rings (SSSR count). The lowest BCUT2D eigenvalue weighted by molar-refractivity contribution is 0.478. The maximum Gasteiger partial charge on any atom is 0.130 e. The summed E-state index contributed by atoms with van der Waals surface area (Å²) < 4.78 is 5.93. The summed E-state index contributed by atoms with van der Waals surface area (Å²) in [7, 11) is 0. The zero-order valence-electron chi connectivity index (χ0n) is 11.5. The summed E-state index contributed by atoms with van der Waals surface area (Å²) in [6, 6.07) is 9.89. The summed E-state index contributed by atoms with van der Waals surface area (Å²) in [6.45, 7) is 6.52. The van der Waals surface area contributed by atoms with E-state index in [4.69, 9.17) is 22.1 Å². The van der Waals surface area contributed by atoms with E-state index in [1.807, 2.05) is 51.1 Å². The van der Waals surface area contributed by atoms with E-state index in [0.29, 0.717) is 6.54 Å². The highest BCUT2D eigenvalue weighted by Crippen LogP contribution is 2.30. The van der Waals surface area contributed by atoms with Crippen LogP contribution in [-0.2, 0) is 6.54 Å². The standard InChI is InChI=1S/C16H18ClNO/c1-10-6-13(9-18)4-5-15(10)19-14-7-11(2)16(17)12(3)8-14/h4-8H,9,18H2,1-3H3. The maximum absolute atomic E-state index is 6.15. The Hall–Kier alpha value is -1.51. The first-order chi connectivity index (χ1) is 9.01. The van der Waals surface area contributed by atoms with E-state index in [1.165, 1.54) is 0 Å². The van der Waals surface area contributed by atoms with E-state index in [9.17, 15) is 0 Å². The Labute approximate surface area is 119 Å². The molecule has 0 unspecified atom stereocenters. The predicted octanol–water partition coefficient (Wildman–Crippen LogP) is 4.52. The zero-order chi connectivity index (χ0) is 14.0. The number of aryl methyl sites for hydroxylation is 3. The van der Waals surface area contributed by atoms with Gasteiger partial charge in [0, 0.05) is 11.6 Å². The summed E-state index contributed by atoms with van der Waals surface area (Å²) in [4.78, 5) is 0. The van der Waals surface area contributed by atoms with Crippen LogP contribution in [0.3, 0.4) is 0 Å².